The van der Waals surface area contributed by atoms with Crippen molar-refractivity contribution < 1.29 is 0 Å². The van der Waals surface area contributed by atoms with Crippen LogP contribution in [0, 0.1) is 0 Å². The van der Waals surface area contributed by atoms with Crippen molar-refractivity contribution in [1.82, 2.24) is 19.1 Å². The Labute approximate surface area is 180 Å². The van der Waals surface area contributed by atoms with Gasteiger partial charge in [0, 0.05) is 43.5 Å². The number of anilines is 2. The topological polar surface area (TPSA) is 84.7 Å². The van der Waals surface area contributed by atoms with Crippen molar-refractivity contribution in [3.8, 4) is 0 Å². The highest BCUT2D eigenvalue weighted by Gasteiger charge is 2.07. The molecule has 7 nitrogen and oxygen atoms in total. The Morgan fingerprint density at radius 3 is 2.67 bits per heavy atom. The van der Waals surface area contributed by atoms with Gasteiger partial charge in [0.25, 0.3) is 5.56 Å². The monoisotopic (exact) mass is 427 g/mol. The Hall–Kier alpha value is -2.74. The first-order chi connectivity index (χ1) is 14.5. The van der Waals surface area contributed by atoms with Gasteiger partial charge in [-0.2, -0.15) is 11.8 Å². The normalized spacial score (nSPS) is 11.0. The lowest BCUT2D eigenvalue weighted by Gasteiger charge is -2.12. The number of nitrogens with zero attached hydrogens (tertiary/aromatic N) is 3. The van der Waals surface area contributed by atoms with Crippen LogP contribution in [-0.4, -0.2) is 24.9 Å². The van der Waals surface area contributed by atoms with E-state index in [0.29, 0.717) is 18.1 Å². The lowest BCUT2D eigenvalue weighted by molar-refractivity contribution is 0.681. The summed E-state index contributed by atoms with van der Waals surface area (Å²) < 4.78 is 3.20. The third kappa shape index (κ3) is 5.44. The van der Waals surface area contributed by atoms with Crippen molar-refractivity contribution in [3.63, 3.8) is 0 Å². The molecule has 0 fully saturated rings. The minimum atomic E-state index is -0.401. The van der Waals surface area contributed by atoms with E-state index < -0.39 is 5.69 Å². The molecule has 0 saturated carbocycles. The summed E-state index contributed by atoms with van der Waals surface area (Å²) in [5, 5.41) is 3.17. The molecule has 3 aromatic rings. The van der Waals surface area contributed by atoms with Crippen LogP contribution in [0.3, 0.4) is 0 Å². The highest BCUT2D eigenvalue weighted by Crippen LogP contribution is 2.20. The Balaban J connectivity index is 1.66. The standard InChI is InChI=1S/C22H29N5O2S/c1-4-6-17-13-18(8-7-16(17)5-2)24-19-14-21(28)27(22(29)25-19)11-12-30-15-20-23-9-10-26(20)3/h7-10,13-14,24H,4-6,11-12,15H2,1-3H3,(H,25,29). The van der Waals surface area contributed by atoms with E-state index in [9.17, 15) is 9.59 Å². The number of imidazole rings is 1. The van der Waals surface area contributed by atoms with Crippen LogP contribution < -0.4 is 16.6 Å². The first kappa shape index (κ1) is 22.0. The molecule has 0 saturated heterocycles. The quantitative estimate of drug-likeness (QED) is 0.484. The molecule has 30 heavy (non-hydrogen) atoms. The summed E-state index contributed by atoms with van der Waals surface area (Å²) in [6, 6.07) is 7.63. The van der Waals surface area contributed by atoms with Gasteiger partial charge in [0.15, 0.2) is 0 Å². The van der Waals surface area contributed by atoms with Gasteiger partial charge in [-0.25, -0.2) is 9.78 Å². The van der Waals surface area contributed by atoms with Gasteiger partial charge >= 0.3 is 5.69 Å². The summed E-state index contributed by atoms with van der Waals surface area (Å²) in [6.45, 7) is 4.66. The molecule has 0 amide bonds. The van der Waals surface area contributed by atoms with Crippen LogP contribution in [0.5, 0.6) is 0 Å². The molecule has 0 aliphatic rings. The van der Waals surface area contributed by atoms with Crippen LogP contribution in [0.15, 0.2) is 46.2 Å². The second-order valence-electron chi connectivity index (χ2n) is 7.20. The number of H-pyrrole nitrogens is 1. The first-order valence-electron chi connectivity index (χ1n) is 10.3. The predicted octanol–water partition coefficient (Wildman–Crippen LogP) is 3.46. The summed E-state index contributed by atoms with van der Waals surface area (Å²) in [7, 11) is 1.95. The third-order valence-electron chi connectivity index (χ3n) is 5.02. The minimum absolute atomic E-state index is 0.308. The van der Waals surface area contributed by atoms with E-state index in [1.54, 1.807) is 18.0 Å². The van der Waals surface area contributed by atoms with Crippen molar-refractivity contribution in [2.75, 3.05) is 11.1 Å². The zero-order valence-corrected chi connectivity index (χ0v) is 18.6. The van der Waals surface area contributed by atoms with E-state index in [1.165, 1.54) is 21.8 Å². The highest BCUT2D eigenvalue weighted by atomic mass is 32.2. The average molecular weight is 428 g/mol. The van der Waals surface area contributed by atoms with Gasteiger partial charge in [-0.15, -0.1) is 0 Å². The number of thioether (sulfide) groups is 1. The van der Waals surface area contributed by atoms with E-state index in [1.807, 2.05) is 23.9 Å². The molecule has 3 rings (SSSR count). The highest BCUT2D eigenvalue weighted by molar-refractivity contribution is 7.98. The number of aromatic nitrogens is 4. The van der Waals surface area contributed by atoms with Crippen LogP contribution in [-0.2, 0) is 32.2 Å². The maximum atomic E-state index is 12.5. The van der Waals surface area contributed by atoms with Crippen LogP contribution in [0.25, 0.3) is 0 Å². The van der Waals surface area contributed by atoms with Crippen LogP contribution >= 0.6 is 11.8 Å². The Morgan fingerprint density at radius 2 is 2.00 bits per heavy atom. The molecule has 0 unspecified atom stereocenters. The second-order valence-corrected chi connectivity index (χ2v) is 8.30. The van der Waals surface area contributed by atoms with Crippen molar-refractivity contribution in [2.45, 2.75) is 45.4 Å². The van der Waals surface area contributed by atoms with Crippen molar-refractivity contribution in [1.29, 1.82) is 0 Å². The molecule has 0 aliphatic carbocycles. The van der Waals surface area contributed by atoms with E-state index in [0.717, 1.165) is 36.5 Å². The second kappa shape index (κ2) is 10.3. The molecule has 2 aromatic heterocycles. The number of nitrogens with one attached hydrogen (secondary N) is 2. The molecule has 0 radical (unpaired) electrons. The number of hydrogen-bond donors (Lipinski definition) is 2. The maximum absolute atomic E-state index is 12.5. The van der Waals surface area contributed by atoms with Crippen LogP contribution in [0.1, 0.15) is 37.2 Å². The molecule has 0 atom stereocenters. The van der Waals surface area contributed by atoms with Gasteiger partial charge in [-0.05, 0) is 36.1 Å². The molecular formula is C22H29N5O2S. The van der Waals surface area contributed by atoms with Gasteiger partial charge < -0.3 is 9.88 Å². The number of rotatable bonds is 10. The van der Waals surface area contributed by atoms with Gasteiger partial charge in [0.2, 0.25) is 0 Å². The molecule has 0 bridgehead atoms. The number of aromatic amines is 1. The van der Waals surface area contributed by atoms with E-state index in [4.69, 9.17) is 0 Å². The summed E-state index contributed by atoms with van der Waals surface area (Å²) in [5.74, 6) is 2.77. The molecule has 1 aromatic carbocycles. The lowest BCUT2D eigenvalue weighted by Crippen LogP contribution is -2.35. The fourth-order valence-corrected chi connectivity index (χ4v) is 4.28. The molecule has 8 heteroatoms. The Morgan fingerprint density at radius 1 is 1.17 bits per heavy atom. The molecular weight excluding hydrogens is 398 g/mol. The summed E-state index contributed by atoms with van der Waals surface area (Å²) in [4.78, 5) is 32.0. The smallest absolute Gasteiger partial charge is 0.329 e. The van der Waals surface area contributed by atoms with Crippen LogP contribution in [0.4, 0.5) is 11.5 Å². The Kier molecular flexibility index (Phi) is 7.57. The zero-order valence-electron chi connectivity index (χ0n) is 17.8. The number of benzene rings is 1. The maximum Gasteiger partial charge on any atom is 0.329 e. The predicted molar refractivity (Wildman–Crippen MR) is 124 cm³/mol. The van der Waals surface area contributed by atoms with Crippen LogP contribution in [0.2, 0.25) is 0 Å². The van der Waals surface area contributed by atoms with Gasteiger partial charge in [-0.1, -0.05) is 26.3 Å². The van der Waals surface area contributed by atoms with E-state index >= 15 is 0 Å². The summed E-state index contributed by atoms with van der Waals surface area (Å²) in [5.41, 5.74) is 2.79. The van der Waals surface area contributed by atoms with Gasteiger partial charge in [0.05, 0.1) is 5.75 Å². The van der Waals surface area contributed by atoms with Crippen molar-refractivity contribution in [3.05, 3.63) is 74.4 Å². The van der Waals surface area contributed by atoms with Gasteiger partial charge in [0.1, 0.15) is 11.6 Å². The third-order valence-corrected chi connectivity index (χ3v) is 5.95. The molecule has 0 aliphatic heterocycles. The van der Waals surface area contributed by atoms with E-state index in [2.05, 4.69) is 41.3 Å². The zero-order chi connectivity index (χ0) is 21.5. The number of aryl methyl sites for hydroxylation is 3. The van der Waals surface area contributed by atoms with E-state index in [-0.39, 0.29) is 5.56 Å². The fraction of sp³-hybridized carbons (Fsp3) is 0.409. The average Bonchev–Trinajstić information content (AvgIpc) is 3.12. The summed E-state index contributed by atoms with van der Waals surface area (Å²) in [6.07, 6.45) is 6.73. The van der Waals surface area contributed by atoms with Crippen molar-refractivity contribution in [2.24, 2.45) is 7.05 Å². The van der Waals surface area contributed by atoms with Crippen molar-refractivity contribution >= 4 is 23.3 Å². The Bertz CT molecular complexity index is 1070. The molecule has 2 heterocycles. The summed E-state index contributed by atoms with van der Waals surface area (Å²) >= 11 is 1.64. The lowest BCUT2D eigenvalue weighted by atomic mass is 10.0. The SMILES string of the molecule is CCCc1cc(Nc2cc(=O)n(CCSCc3nccn3C)c(=O)[nH]2)ccc1CC. The molecule has 2 N–H and O–H groups in total. The minimum Gasteiger partial charge on any atom is -0.342 e. The molecule has 160 valence electrons. The fourth-order valence-electron chi connectivity index (χ4n) is 3.36. The first-order valence-corrected chi connectivity index (χ1v) is 11.4. The largest absolute Gasteiger partial charge is 0.342 e. The molecule has 0 spiro atoms. The number of hydrogen-bond acceptors (Lipinski definition) is 5. The van der Waals surface area contributed by atoms with Gasteiger partial charge in [-0.3, -0.25) is 14.3 Å².